The molecule has 4 rings (SSSR count). The van der Waals surface area contributed by atoms with Crippen molar-refractivity contribution < 1.29 is 4.74 Å². The van der Waals surface area contributed by atoms with Gasteiger partial charge in [0.1, 0.15) is 17.8 Å². The summed E-state index contributed by atoms with van der Waals surface area (Å²) in [5, 5.41) is 4.23. The van der Waals surface area contributed by atoms with Crippen LogP contribution in [0.4, 0.5) is 17.2 Å². The van der Waals surface area contributed by atoms with Crippen molar-refractivity contribution in [1.29, 1.82) is 0 Å². The molecule has 2 aromatic heterocycles. The number of nitrogens with zero attached hydrogens (tertiary/aromatic N) is 3. The number of hydrogen-bond donors (Lipinski definition) is 2. The molecule has 0 amide bonds. The van der Waals surface area contributed by atoms with E-state index in [9.17, 15) is 0 Å². The number of aromatic nitrogens is 3. The molecule has 0 aliphatic rings. The number of fused-ring (bicyclic) bond motifs is 1. The number of aryl methyl sites for hydroxylation is 1. The first kappa shape index (κ1) is 15.8. The van der Waals surface area contributed by atoms with Gasteiger partial charge in [0.05, 0.1) is 5.52 Å². The second-order valence-electron chi connectivity index (χ2n) is 5.86. The number of hydrogen-bond acceptors (Lipinski definition) is 6. The van der Waals surface area contributed by atoms with Crippen LogP contribution in [0.1, 0.15) is 5.56 Å². The van der Waals surface area contributed by atoms with Gasteiger partial charge in [-0.05, 0) is 43.3 Å². The van der Waals surface area contributed by atoms with Crippen molar-refractivity contribution in [2.24, 2.45) is 0 Å². The van der Waals surface area contributed by atoms with Crippen molar-refractivity contribution in [3.05, 3.63) is 72.7 Å². The summed E-state index contributed by atoms with van der Waals surface area (Å²) in [6.07, 6.45) is 3.18. The number of nitrogens with one attached hydrogen (secondary N) is 1. The van der Waals surface area contributed by atoms with Crippen molar-refractivity contribution in [3.63, 3.8) is 0 Å². The van der Waals surface area contributed by atoms with Crippen molar-refractivity contribution in [3.8, 4) is 11.6 Å². The Kier molecular flexibility index (Phi) is 4.07. The zero-order valence-corrected chi connectivity index (χ0v) is 14.2. The summed E-state index contributed by atoms with van der Waals surface area (Å²) in [6.45, 7) is 2.02. The molecule has 6 nitrogen and oxygen atoms in total. The third-order valence-corrected chi connectivity index (χ3v) is 3.98. The molecule has 0 unspecified atom stereocenters. The Morgan fingerprint density at radius 3 is 2.62 bits per heavy atom. The van der Waals surface area contributed by atoms with Gasteiger partial charge >= 0.3 is 0 Å². The Morgan fingerprint density at radius 2 is 1.77 bits per heavy atom. The van der Waals surface area contributed by atoms with Gasteiger partial charge in [-0.3, -0.25) is 4.98 Å². The minimum Gasteiger partial charge on any atom is -0.437 e. The van der Waals surface area contributed by atoms with Crippen molar-refractivity contribution in [1.82, 2.24) is 15.0 Å². The Labute approximate surface area is 150 Å². The summed E-state index contributed by atoms with van der Waals surface area (Å²) in [4.78, 5) is 12.8. The molecule has 0 saturated heterocycles. The van der Waals surface area contributed by atoms with E-state index in [1.165, 1.54) is 6.33 Å². The third-order valence-electron chi connectivity index (χ3n) is 3.98. The number of pyridine rings is 1. The molecule has 0 radical (unpaired) electrons. The minimum absolute atomic E-state index is 0.310. The van der Waals surface area contributed by atoms with Crippen LogP contribution in [0.2, 0.25) is 0 Å². The van der Waals surface area contributed by atoms with Gasteiger partial charge in [-0.25, -0.2) is 4.98 Å². The predicted octanol–water partition coefficient (Wildman–Crippen LogP) is 4.45. The Balaban J connectivity index is 1.66. The van der Waals surface area contributed by atoms with Crippen LogP contribution in [-0.4, -0.2) is 15.0 Å². The normalized spacial score (nSPS) is 10.7. The van der Waals surface area contributed by atoms with E-state index in [4.69, 9.17) is 10.5 Å². The van der Waals surface area contributed by atoms with Crippen molar-refractivity contribution in [2.75, 3.05) is 11.1 Å². The SMILES string of the molecule is Cc1ccc(Oc2ncnc(Nc3cccc4ncccc34)c2N)cc1. The van der Waals surface area contributed by atoms with Crippen molar-refractivity contribution >= 4 is 28.1 Å². The summed E-state index contributed by atoms with van der Waals surface area (Å²) in [6, 6.07) is 17.4. The van der Waals surface area contributed by atoms with Gasteiger partial charge in [0, 0.05) is 17.3 Å². The van der Waals surface area contributed by atoms with Crippen LogP contribution >= 0.6 is 0 Å². The Morgan fingerprint density at radius 1 is 0.923 bits per heavy atom. The van der Waals surface area contributed by atoms with Gasteiger partial charge in [-0.2, -0.15) is 4.98 Å². The number of nitrogen functional groups attached to an aromatic ring is 1. The average molecular weight is 343 g/mol. The van der Waals surface area contributed by atoms with Crippen LogP contribution < -0.4 is 15.8 Å². The second-order valence-corrected chi connectivity index (χ2v) is 5.86. The molecule has 2 aromatic carbocycles. The molecule has 0 atom stereocenters. The first-order valence-electron chi connectivity index (χ1n) is 8.16. The topological polar surface area (TPSA) is 86.0 Å². The number of rotatable bonds is 4. The van der Waals surface area contributed by atoms with Crippen LogP contribution in [0.3, 0.4) is 0 Å². The number of anilines is 3. The predicted molar refractivity (Wildman–Crippen MR) is 103 cm³/mol. The summed E-state index contributed by atoms with van der Waals surface area (Å²) in [7, 11) is 0. The molecule has 3 N–H and O–H groups in total. The highest BCUT2D eigenvalue weighted by atomic mass is 16.5. The average Bonchev–Trinajstić information content (AvgIpc) is 2.67. The highest BCUT2D eigenvalue weighted by Crippen LogP contribution is 2.32. The molecular formula is C20H17N5O. The lowest BCUT2D eigenvalue weighted by molar-refractivity contribution is 0.464. The first-order chi connectivity index (χ1) is 12.7. The quantitative estimate of drug-likeness (QED) is 0.569. The van der Waals surface area contributed by atoms with Crippen LogP contribution in [-0.2, 0) is 0 Å². The first-order valence-corrected chi connectivity index (χ1v) is 8.16. The molecule has 0 bridgehead atoms. The molecule has 0 aliphatic heterocycles. The van der Waals surface area contributed by atoms with E-state index in [0.29, 0.717) is 23.1 Å². The molecule has 128 valence electrons. The van der Waals surface area contributed by atoms with Crippen LogP contribution in [0, 0.1) is 6.92 Å². The summed E-state index contributed by atoms with van der Waals surface area (Å²) in [5.41, 5.74) is 9.47. The molecule has 0 fully saturated rings. The van der Waals surface area contributed by atoms with E-state index < -0.39 is 0 Å². The van der Waals surface area contributed by atoms with Crippen molar-refractivity contribution in [2.45, 2.75) is 6.92 Å². The fourth-order valence-electron chi connectivity index (χ4n) is 2.62. The molecule has 26 heavy (non-hydrogen) atoms. The maximum atomic E-state index is 6.22. The lowest BCUT2D eigenvalue weighted by Crippen LogP contribution is -2.03. The van der Waals surface area contributed by atoms with Crippen LogP contribution in [0.5, 0.6) is 11.6 Å². The molecule has 0 saturated carbocycles. The number of nitrogens with two attached hydrogens (primary N) is 1. The van der Waals surface area contributed by atoms with Gasteiger partial charge in [-0.15, -0.1) is 0 Å². The van der Waals surface area contributed by atoms with E-state index >= 15 is 0 Å². The maximum absolute atomic E-state index is 6.22. The van der Waals surface area contributed by atoms with E-state index in [2.05, 4.69) is 20.3 Å². The van der Waals surface area contributed by atoms with Gasteiger partial charge in [0.15, 0.2) is 5.82 Å². The zero-order valence-electron chi connectivity index (χ0n) is 14.2. The smallest absolute Gasteiger partial charge is 0.248 e. The van der Waals surface area contributed by atoms with E-state index in [-0.39, 0.29) is 0 Å². The fraction of sp³-hybridized carbons (Fsp3) is 0.0500. The van der Waals surface area contributed by atoms with Crippen LogP contribution in [0.15, 0.2) is 67.1 Å². The highest BCUT2D eigenvalue weighted by Gasteiger charge is 2.12. The van der Waals surface area contributed by atoms with Gasteiger partial charge < -0.3 is 15.8 Å². The summed E-state index contributed by atoms with van der Waals surface area (Å²) >= 11 is 0. The molecule has 2 heterocycles. The van der Waals surface area contributed by atoms with Gasteiger partial charge in [0.25, 0.3) is 0 Å². The highest BCUT2D eigenvalue weighted by molar-refractivity contribution is 5.93. The Hall–Kier alpha value is -3.67. The van der Waals surface area contributed by atoms with Gasteiger partial charge in [-0.1, -0.05) is 23.8 Å². The Bertz CT molecular complexity index is 1060. The minimum atomic E-state index is 0.310. The zero-order chi connectivity index (χ0) is 17.9. The van der Waals surface area contributed by atoms with Crippen LogP contribution in [0.25, 0.3) is 10.9 Å². The standard InChI is InChI=1S/C20H17N5O/c1-13-7-9-14(10-8-13)26-20-18(21)19(23-12-24-20)25-17-6-2-5-16-15(17)4-3-11-22-16/h2-12H,21H2,1H3,(H,23,24,25). The largest absolute Gasteiger partial charge is 0.437 e. The van der Waals surface area contributed by atoms with Gasteiger partial charge in [0.2, 0.25) is 5.88 Å². The molecular weight excluding hydrogens is 326 g/mol. The summed E-state index contributed by atoms with van der Waals surface area (Å²) in [5.74, 6) is 1.46. The molecule has 6 heteroatoms. The van der Waals surface area contributed by atoms with E-state index in [1.807, 2.05) is 61.5 Å². The molecule has 0 aliphatic carbocycles. The monoisotopic (exact) mass is 343 g/mol. The molecule has 0 spiro atoms. The third kappa shape index (κ3) is 3.12. The van der Waals surface area contributed by atoms with E-state index in [1.54, 1.807) is 6.20 Å². The molecule has 4 aromatic rings. The summed E-state index contributed by atoms with van der Waals surface area (Å²) < 4.78 is 5.80. The number of ether oxygens (including phenoxy) is 1. The second kappa shape index (κ2) is 6.68. The number of benzene rings is 2. The fourth-order valence-corrected chi connectivity index (χ4v) is 2.62. The van der Waals surface area contributed by atoms with E-state index in [0.717, 1.165) is 22.2 Å². The lowest BCUT2D eigenvalue weighted by Gasteiger charge is -2.13. The maximum Gasteiger partial charge on any atom is 0.248 e. The lowest BCUT2D eigenvalue weighted by atomic mass is 10.2.